The summed E-state index contributed by atoms with van der Waals surface area (Å²) in [6.07, 6.45) is 4.02. The molecule has 1 amide bonds. The van der Waals surface area contributed by atoms with E-state index in [9.17, 15) is 13.6 Å². The van der Waals surface area contributed by atoms with Crippen LogP contribution in [0.15, 0.2) is 18.2 Å². The molecule has 0 radical (unpaired) electrons. The molecule has 108 valence electrons. The third-order valence-electron chi connectivity index (χ3n) is 4.32. The molecule has 3 rings (SSSR count). The molecule has 0 saturated carbocycles. The molecule has 0 aliphatic carbocycles. The number of carbonyl (C=O) groups is 1. The highest BCUT2D eigenvalue weighted by molar-refractivity contribution is 9.09. The molecule has 2 heterocycles. The molecule has 20 heavy (non-hydrogen) atoms. The zero-order valence-electron chi connectivity index (χ0n) is 11.0. The first-order valence-corrected chi connectivity index (χ1v) is 7.85. The quantitative estimate of drug-likeness (QED) is 0.753. The Morgan fingerprint density at radius 1 is 1.25 bits per heavy atom. The van der Waals surface area contributed by atoms with Gasteiger partial charge in [0.15, 0.2) is 0 Å². The Kier molecular flexibility index (Phi) is 3.80. The maximum Gasteiger partial charge on any atom is 0.227 e. The number of alkyl halides is 1. The van der Waals surface area contributed by atoms with Crippen LogP contribution in [0.4, 0.5) is 8.78 Å². The van der Waals surface area contributed by atoms with Crippen LogP contribution in [0.3, 0.4) is 0 Å². The van der Waals surface area contributed by atoms with Crippen molar-refractivity contribution in [3.05, 3.63) is 35.4 Å². The minimum Gasteiger partial charge on any atom is -0.336 e. The smallest absolute Gasteiger partial charge is 0.227 e. The van der Waals surface area contributed by atoms with Gasteiger partial charge in [0, 0.05) is 23.0 Å². The number of benzene rings is 1. The molecule has 0 spiro atoms. The molecule has 2 aliphatic rings. The predicted molar refractivity (Wildman–Crippen MR) is 75.7 cm³/mol. The van der Waals surface area contributed by atoms with Gasteiger partial charge < -0.3 is 4.90 Å². The topological polar surface area (TPSA) is 20.3 Å². The highest BCUT2D eigenvalue weighted by Crippen LogP contribution is 2.38. The molecule has 5 heteroatoms. The van der Waals surface area contributed by atoms with Crippen LogP contribution in [0.2, 0.25) is 0 Å². The van der Waals surface area contributed by atoms with Crippen molar-refractivity contribution in [1.82, 2.24) is 4.90 Å². The van der Waals surface area contributed by atoms with Gasteiger partial charge in [-0.05, 0) is 37.3 Å². The van der Waals surface area contributed by atoms with Crippen LogP contribution in [-0.4, -0.2) is 27.7 Å². The summed E-state index contributed by atoms with van der Waals surface area (Å²) < 4.78 is 26.5. The van der Waals surface area contributed by atoms with Crippen LogP contribution in [0, 0.1) is 11.6 Å². The lowest BCUT2D eigenvalue weighted by Gasteiger charge is -2.37. The van der Waals surface area contributed by atoms with E-state index < -0.39 is 11.6 Å². The number of hydrogen-bond donors (Lipinski definition) is 0. The van der Waals surface area contributed by atoms with Crippen molar-refractivity contribution in [2.24, 2.45) is 0 Å². The van der Waals surface area contributed by atoms with E-state index in [0.717, 1.165) is 31.7 Å². The number of piperidine rings is 1. The fourth-order valence-electron chi connectivity index (χ4n) is 3.44. The molecule has 1 aromatic carbocycles. The summed E-state index contributed by atoms with van der Waals surface area (Å²) in [6, 6.07) is 3.94. The standard InChI is InChI=1S/C15H16BrF2NO/c16-10-6-12-3-4-13(7-10)19(12)15(20)5-9-1-2-11(17)8-14(9)18/h1-2,8,10,12-13H,3-7H2. The summed E-state index contributed by atoms with van der Waals surface area (Å²) in [7, 11) is 0. The van der Waals surface area contributed by atoms with E-state index in [1.54, 1.807) is 0 Å². The molecule has 2 unspecified atom stereocenters. The van der Waals surface area contributed by atoms with Crippen molar-refractivity contribution in [2.75, 3.05) is 0 Å². The number of carbonyl (C=O) groups excluding carboxylic acids is 1. The second-order valence-corrected chi connectivity index (χ2v) is 6.96. The lowest BCUT2D eigenvalue weighted by atomic mass is 10.0. The minimum atomic E-state index is -0.638. The first-order chi connectivity index (χ1) is 9.54. The fraction of sp³-hybridized carbons (Fsp3) is 0.533. The monoisotopic (exact) mass is 343 g/mol. The summed E-state index contributed by atoms with van der Waals surface area (Å²) in [6.45, 7) is 0. The van der Waals surface area contributed by atoms with Crippen LogP contribution in [0.5, 0.6) is 0 Å². The molecule has 2 saturated heterocycles. The number of hydrogen-bond acceptors (Lipinski definition) is 1. The highest BCUT2D eigenvalue weighted by atomic mass is 79.9. The van der Waals surface area contributed by atoms with Crippen LogP contribution >= 0.6 is 15.9 Å². The van der Waals surface area contributed by atoms with E-state index in [0.29, 0.717) is 4.83 Å². The molecule has 0 aromatic heterocycles. The van der Waals surface area contributed by atoms with E-state index in [4.69, 9.17) is 0 Å². The van der Waals surface area contributed by atoms with E-state index in [1.165, 1.54) is 12.1 Å². The van der Waals surface area contributed by atoms with Crippen LogP contribution < -0.4 is 0 Å². The first-order valence-electron chi connectivity index (χ1n) is 6.93. The van der Waals surface area contributed by atoms with Gasteiger partial charge in [0.05, 0.1) is 6.42 Å². The lowest BCUT2D eigenvalue weighted by Crippen LogP contribution is -2.47. The summed E-state index contributed by atoms with van der Waals surface area (Å²) in [5.74, 6) is -1.29. The predicted octanol–water partition coefficient (Wildman–Crippen LogP) is 3.42. The number of rotatable bonds is 2. The van der Waals surface area contributed by atoms with Gasteiger partial charge in [0.1, 0.15) is 11.6 Å². The number of fused-ring (bicyclic) bond motifs is 2. The van der Waals surface area contributed by atoms with Crippen molar-refractivity contribution < 1.29 is 13.6 Å². The maximum absolute atomic E-state index is 13.6. The van der Waals surface area contributed by atoms with E-state index in [-0.39, 0.29) is 30.0 Å². The number of amides is 1. The largest absolute Gasteiger partial charge is 0.336 e. The van der Waals surface area contributed by atoms with Gasteiger partial charge in [-0.1, -0.05) is 22.0 Å². The van der Waals surface area contributed by atoms with Gasteiger partial charge in [-0.2, -0.15) is 0 Å². The van der Waals surface area contributed by atoms with Crippen molar-refractivity contribution >= 4 is 21.8 Å². The third kappa shape index (κ3) is 2.60. The summed E-state index contributed by atoms with van der Waals surface area (Å²) in [5, 5.41) is 0. The Bertz CT molecular complexity index is 523. The zero-order valence-corrected chi connectivity index (χ0v) is 12.6. The summed E-state index contributed by atoms with van der Waals surface area (Å²) >= 11 is 3.63. The van der Waals surface area contributed by atoms with Crippen molar-refractivity contribution in [3.8, 4) is 0 Å². The molecule has 1 aromatic rings. The second-order valence-electron chi connectivity index (χ2n) is 5.67. The molecular weight excluding hydrogens is 328 g/mol. The Balaban J connectivity index is 1.74. The van der Waals surface area contributed by atoms with E-state index in [1.807, 2.05) is 4.90 Å². The Morgan fingerprint density at radius 3 is 2.50 bits per heavy atom. The first kappa shape index (κ1) is 14.0. The normalized spacial score (nSPS) is 28.8. The van der Waals surface area contributed by atoms with Crippen LogP contribution in [-0.2, 0) is 11.2 Å². The molecule has 2 fully saturated rings. The maximum atomic E-state index is 13.6. The van der Waals surface area contributed by atoms with Crippen molar-refractivity contribution in [1.29, 1.82) is 0 Å². The Morgan fingerprint density at radius 2 is 1.90 bits per heavy atom. The zero-order chi connectivity index (χ0) is 14.3. The lowest BCUT2D eigenvalue weighted by molar-refractivity contribution is -0.134. The van der Waals surface area contributed by atoms with Gasteiger partial charge in [-0.3, -0.25) is 4.79 Å². The summed E-state index contributed by atoms with van der Waals surface area (Å²) in [5.41, 5.74) is 0.275. The minimum absolute atomic E-state index is 0.0199. The number of halogens is 3. The van der Waals surface area contributed by atoms with Crippen molar-refractivity contribution in [3.63, 3.8) is 0 Å². The van der Waals surface area contributed by atoms with Gasteiger partial charge >= 0.3 is 0 Å². The van der Waals surface area contributed by atoms with Crippen LogP contribution in [0.25, 0.3) is 0 Å². The summed E-state index contributed by atoms with van der Waals surface area (Å²) in [4.78, 5) is 14.8. The molecule has 2 bridgehead atoms. The average Bonchev–Trinajstić information content (AvgIpc) is 2.65. The van der Waals surface area contributed by atoms with Gasteiger partial charge in [0.25, 0.3) is 0 Å². The molecule has 2 nitrogen and oxygen atoms in total. The molecule has 2 aliphatic heterocycles. The van der Waals surface area contributed by atoms with Gasteiger partial charge in [-0.15, -0.1) is 0 Å². The third-order valence-corrected chi connectivity index (χ3v) is 5.07. The fourth-order valence-corrected chi connectivity index (χ4v) is 4.30. The number of nitrogens with zero attached hydrogens (tertiary/aromatic N) is 1. The molecular formula is C15H16BrF2NO. The second kappa shape index (κ2) is 5.43. The van der Waals surface area contributed by atoms with E-state index >= 15 is 0 Å². The molecule has 2 atom stereocenters. The highest BCUT2D eigenvalue weighted by Gasteiger charge is 2.42. The SMILES string of the molecule is O=C(Cc1ccc(F)cc1F)N1C2CCC1CC(Br)C2. The van der Waals surface area contributed by atoms with Crippen LogP contribution in [0.1, 0.15) is 31.2 Å². The van der Waals surface area contributed by atoms with E-state index in [2.05, 4.69) is 15.9 Å². The Labute approximate surface area is 125 Å². The van der Waals surface area contributed by atoms with Crippen molar-refractivity contribution in [2.45, 2.75) is 49.0 Å². The molecule has 0 N–H and O–H groups in total. The van der Waals surface area contributed by atoms with Gasteiger partial charge in [-0.25, -0.2) is 8.78 Å². The average molecular weight is 344 g/mol. The van der Waals surface area contributed by atoms with Gasteiger partial charge in [0.2, 0.25) is 5.91 Å². The Hall–Kier alpha value is -0.970.